The van der Waals surface area contributed by atoms with E-state index in [0.717, 1.165) is 22.5 Å². The van der Waals surface area contributed by atoms with Gasteiger partial charge in [0.05, 0.1) is 18.7 Å². The Hall–Kier alpha value is -3.41. The third-order valence-corrected chi connectivity index (χ3v) is 5.05. The van der Waals surface area contributed by atoms with Crippen LogP contribution in [0.25, 0.3) is 0 Å². The van der Waals surface area contributed by atoms with Crippen LogP contribution in [-0.2, 0) is 29.1 Å². The Kier molecular flexibility index (Phi) is 7.38. The van der Waals surface area contributed by atoms with Crippen molar-refractivity contribution in [1.29, 1.82) is 0 Å². The minimum Gasteiger partial charge on any atom is -0.355 e. The first kappa shape index (κ1) is 21.3. The molecular formula is C24H28N4O2. The highest BCUT2D eigenvalue weighted by atomic mass is 16.2. The molecule has 0 fully saturated rings. The molecule has 0 radical (unpaired) electrons. The van der Waals surface area contributed by atoms with Crippen LogP contribution in [0.15, 0.2) is 60.7 Å². The average Bonchev–Trinajstić information content (AvgIpc) is 3.00. The summed E-state index contributed by atoms with van der Waals surface area (Å²) in [5.41, 5.74) is 5.14. The maximum Gasteiger partial charge on any atom is 0.224 e. The number of nitrogens with zero attached hydrogens (tertiary/aromatic N) is 2. The van der Waals surface area contributed by atoms with E-state index in [9.17, 15) is 9.59 Å². The summed E-state index contributed by atoms with van der Waals surface area (Å²) in [6.45, 7) is 5.44. The Morgan fingerprint density at radius 3 is 2.17 bits per heavy atom. The first-order chi connectivity index (χ1) is 14.5. The predicted molar refractivity (Wildman–Crippen MR) is 117 cm³/mol. The van der Waals surface area contributed by atoms with Crippen molar-refractivity contribution < 1.29 is 9.59 Å². The molecule has 0 unspecified atom stereocenters. The Labute approximate surface area is 177 Å². The van der Waals surface area contributed by atoms with Crippen molar-refractivity contribution in [3.05, 3.63) is 88.7 Å². The molecule has 2 aromatic carbocycles. The van der Waals surface area contributed by atoms with Crippen molar-refractivity contribution in [2.45, 2.75) is 39.8 Å². The van der Waals surface area contributed by atoms with Gasteiger partial charge in [0.2, 0.25) is 11.8 Å². The van der Waals surface area contributed by atoms with Gasteiger partial charge in [-0.2, -0.15) is 5.10 Å². The van der Waals surface area contributed by atoms with E-state index in [4.69, 9.17) is 0 Å². The molecule has 1 aromatic heterocycles. The van der Waals surface area contributed by atoms with Crippen molar-refractivity contribution in [3.63, 3.8) is 0 Å². The van der Waals surface area contributed by atoms with Crippen LogP contribution in [0, 0.1) is 13.8 Å². The summed E-state index contributed by atoms with van der Waals surface area (Å²) >= 11 is 0. The second-order valence-corrected chi connectivity index (χ2v) is 7.33. The van der Waals surface area contributed by atoms with E-state index in [-0.39, 0.29) is 18.2 Å². The summed E-state index contributed by atoms with van der Waals surface area (Å²) in [7, 11) is 0. The third kappa shape index (κ3) is 6.04. The Balaban J connectivity index is 1.44. The van der Waals surface area contributed by atoms with E-state index in [2.05, 4.69) is 27.9 Å². The van der Waals surface area contributed by atoms with Gasteiger partial charge in [-0.3, -0.25) is 14.3 Å². The number of benzene rings is 2. The van der Waals surface area contributed by atoms with Crippen LogP contribution < -0.4 is 10.6 Å². The lowest BCUT2D eigenvalue weighted by atomic mass is 10.1. The summed E-state index contributed by atoms with van der Waals surface area (Å²) in [5.74, 6) is -0.174. The smallest absolute Gasteiger partial charge is 0.224 e. The fourth-order valence-electron chi connectivity index (χ4n) is 3.33. The van der Waals surface area contributed by atoms with Gasteiger partial charge in [0.1, 0.15) is 0 Å². The molecule has 6 nitrogen and oxygen atoms in total. The van der Waals surface area contributed by atoms with E-state index in [1.54, 1.807) is 0 Å². The molecule has 0 aliphatic rings. The molecule has 0 spiro atoms. The molecule has 0 aliphatic carbocycles. The summed E-state index contributed by atoms with van der Waals surface area (Å²) in [6.07, 6.45) is 0.568. The quantitative estimate of drug-likeness (QED) is 0.576. The summed E-state index contributed by atoms with van der Waals surface area (Å²) in [5, 5.41) is 10.4. The fourth-order valence-corrected chi connectivity index (χ4v) is 3.33. The summed E-state index contributed by atoms with van der Waals surface area (Å²) in [4.78, 5) is 24.1. The molecule has 1 heterocycles. The molecule has 2 N–H and O–H groups in total. The highest BCUT2D eigenvalue weighted by Gasteiger charge is 2.13. The van der Waals surface area contributed by atoms with Crippen LogP contribution in [0.5, 0.6) is 0 Å². The van der Waals surface area contributed by atoms with Gasteiger partial charge in [-0.15, -0.1) is 0 Å². The number of carbonyl (C=O) groups excluding carboxylic acids is 2. The summed E-state index contributed by atoms with van der Waals surface area (Å²) in [6, 6.07) is 19.7. The second kappa shape index (κ2) is 10.4. The number of rotatable bonds is 9. The van der Waals surface area contributed by atoms with Gasteiger partial charge in [0.15, 0.2) is 0 Å². The highest BCUT2D eigenvalue weighted by molar-refractivity contribution is 5.80. The molecule has 30 heavy (non-hydrogen) atoms. The monoisotopic (exact) mass is 404 g/mol. The van der Waals surface area contributed by atoms with Crippen LogP contribution in [0.1, 0.15) is 34.5 Å². The first-order valence-electron chi connectivity index (χ1n) is 10.2. The minimum absolute atomic E-state index is 0.0807. The van der Waals surface area contributed by atoms with Crippen LogP contribution in [0.4, 0.5) is 0 Å². The maximum atomic E-state index is 12.2. The van der Waals surface area contributed by atoms with Gasteiger partial charge in [0.25, 0.3) is 0 Å². The van der Waals surface area contributed by atoms with Crippen molar-refractivity contribution in [2.75, 3.05) is 6.54 Å². The zero-order valence-electron chi connectivity index (χ0n) is 17.5. The molecule has 0 saturated heterocycles. The van der Waals surface area contributed by atoms with Gasteiger partial charge in [0, 0.05) is 30.8 Å². The first-order valence-corrected chi connectivity index (χ1v) is 10.2. The highest BCUT2D eigenvalue weighted by Crippen LogP contribution is 2.14. The second-order valence-electron chi connectivity index (χ2n) is 7.33. The Morgan fingerprint density at radius 1 is 0.867 bits per heavy atom. The van der Waals surface area contributed by atoms with Crippen LogP contribution >= 0.6 is 0 Å². The SMILES string of the molecule is Cc1nn(Cc2ccccc2)c(C)c1CNC(=O)CCNC(=O)Cc1ccccc1. The van der Waals surface area contributed by atoms with Crippen LogP contribution in [-0.4, -0.2) is 28.1 Å². The predicted octanol–water partition coefficient (Wildman–Crippen LogP) is 2.91. The lowest BCUT2D eigenvalue weighted by Gasteiger charge is -2.08. The number of hydrogen-bond donors (Lipinski definition) is 2. The third-order valence-electron chi connectivity index (χ3n) is 5.05. The molecule has 2 amide bonds. The summed E-state index contributed by atoms with van der Waals surface area (Å²) < 4.78 is 1.97. The molecule has 0 aliphatic heterocycles. The molecule has 0 atom stereocenters. The zero-order chi connectivity index (χ0) is 21.3. The number of amides is 2. The van der Waals surface area contributed by atoms with Gasteiger partial charge in [-0.25, -0.2) is 0 Å². The van der Waals surface area contributed by atoms with E-state index < -0.39 is 0 Å². The van der Waals surface area contributed by atoms with E-state index in [1.165, 1.54) is 5.56 Å². The topological polar surface area (TPSA) is 76.0 Å². The number of aryl methyl sites for hydroxylation is 1. The van der Waals surface area contributed by atoms with Crippen molar-refractivity contribution in [2.24, 2.45) is 0 Å². The molecule has 6 heteroatoms. The van der Waals surface area contributed by atoms with Gasteiger partial charge in [-0.05, 0) is 25.0 Å². The maximum absolute atomic E-state index is 12.2. The Bertz CT molecular complexity index is 981. The molecular weight excluding hydrogens is 376 g/mol. The largest absolute Gasteiger partial charge is 0.355 e. The van der Waals surface area contributed by atoms with Crippen LogP contribution in [0.3, 0.4) is 0 Å². The lowest BCUT2D eigenvalue weighted by molar-refractivity contribution is -0.122. The fraction of sp³-hybridized carbons (Fsp3) is 0.292. The minimum atomic E-state index is -0.0929. The molecule has 0 bridgehead atoms. The molecule has 3 aromatic rings. The molecule has 3 rings (SSSR count). The van der Waals surface area contributed by atoms with Crippen molar-refractivity contribution in [1.82, 2.24) is 20.4 Å². The standard InChI is InChI=1S/C24H28N4O2/c1-18-22(19(2)28(27-18)17-21-11-7-4-8-12-21)16-26-23(29)13-14-25-24(30)15-20-9-5-3-6-10-20/h3-12H,13-17H2,1-2H3,(H,25,30)(H,26,29). The molecule has 156 valence electrons. The zero-order valence-corrected chi connectivity index (χ0v) is 17.5. The normalized spacial score (nSPS) is 10.6. The van der Waals surface area contributed by atoms with E-state index in [1.807, 2.05) is 67.1 Å². The van der Waals surface area contributed by atoms with Crippen molar-refractivity contribution in [3.8, 4) is 0 Å². The van der Waals surface area contributed by atoms with Crippen molar-refractivity contribution >= 4 is 11.8 Å². The Morgan fingerprint density at radius 2 is 1.50 bits per heavy atom. The van der Waals surface area contributed by atoms with Gasteiger partial charge < -0.3 is 10.6 Å². The molecule has 0 saturated carbocycles. The van der Waals surface area contributed by atoms with E-state index >= 15 is 0 Å². The number of nitrogens with one attached hydrogen (secondary N) is 2. The number of carbonyl (C=O) groups is 2. The van der Waals surface area contributed by atoms with E-state index in [0.29, 0.717) is 26.1 Å². The van der Waals surface area contributed by atoms with Crippen LogP contribution in [0.2, 0.25) is 0 Å². The van der Waals surface area contributed by atoms with Gasteiger partial charge in [-0.1, -0.05) is 60.7 Å². The average molecular weight is 405 g/mol. The lowest BCUT2D eigenvalue weighted by Crippen LogP contribution is -2.31. The van der Waals surface area contributed by atoms with Gasteiger partial charge >= 0.3 is 0 Å². The number of hydrogen-bond acceptors (Lipinski definition) is 3. The number of aromatic nitrogens is 2.